The highest BCUT2D eigenvalue weighted by Crippen LogP contribution is 2.24. The zero-order valence-electron chi connectivity index (χ0n) is 11.3. The Balaban J connectivity index is 1.89. The van der Waals surface area contributed by atoms with E-state index < -0.39 is 0 Å². The average molecular weight is 282 g/mol. The molecule has 1 heterocycles. The van der Waals surface area contributed by atoms with Crippen molar-refractivity contribution in [1.82, 2.24) is 0 Å². The van der Waals surface area contributed by atoms with Gasteiger partial charge in [0.15, 0.2) is 0 Å². The van der Waals surface area contributed by atoms with Gasteiger partial charge in [-0.05, 0) is 42.8 Å². The second kappa shape index (κ2) is 5.10. The summed E-state index contributed by atoms with van der Waals surface area (Å²) < 4.78 is 5.47. The van der Waals surface area contributed by atoms with Crippen molar-refractivity contribution in [3.8, 4) is 5.75 Å². The number of ether oxygens (including phenoxy) is 1. The molecule has 2 aromatic carbocycles. The number of carbonyl (C=O) groups excluding carboxylic acids is 1. The number of aryl methyl sites for hydroxylation is 2. The Morgan fingerprint density at radius 1 is 1.00 bits per heavy atom. The number of hydrogen-bond donors (Lipinski definition) is 0. The van der Waals surface area contributed by atoms with E-state index in [0.717, 1.165) is 20.5 Å². The predicted molar refractivity (Wildman–Crippen MR) is 82.7 cm³/mol. The van der Waals surface area contributed by atoms with Crippen LogP contribution in [0.25, 0.3) is 10.8 Å². The van der Waals surface area contributed by atoms with E-state index in [-0.39, 0.29) is 5.97 Å². The number of fused-ring (bicyclic) bond motifs is 1. The van der Waals surface area contributed by atoms with E-state index in [4.69, 9.17) is 4.74 Å². The summed E-state index contributed by atoms with van der Waals surface area (Å²) in [4.78, 5) is 14.3. The molecule has 0 unspecified atom stereocenters. The lowest BCUT2D eigenvalue weighted by atomic mass is 10.1. The molecular formula is C17H14O2S. The smallest absolute Gasteiger partial charge is 0.344 e. The zero-order valence-corrected chi connectivity index (χ0v) is 12.2. The van der Waals surface area contributed by atoms with Gasteiger partial charge in [0.1, 0.15) is 5.75 Å². The molecule has 0 amide bonds. The van der Waals surface area contributed by atoms with Crippen molar-refractivity contribution < 1.29 is 9.53 Å². The molecule has 0 saturated heterocycles. The van der Waals surface area contributed by atoms with E-state index in [1.807, 2.05) is 62.4 Å². The molecule has 0 N–H and O–H groups in total. The number of hydrogen-bond acceptors (Lipinski definition) is 3. The number of esters is 1. The molecule has 100 valence electrons. The molecule has 0 fully saturated rings. The van der Waals surface area contributed by atoms with Gasteiger partial charge in [-0.15, -0.1) is 11.3 Å². The molecule has 1 aromatic heterocycles. The molecule has 3 heteroatoms. The second-order valence-electron chi connectivity index (χ2n) is 4.73. The zero-order chi connectivity index (χ0) is 14.1. The topological polar surface area (TPSA) is 26.3 Å². The van der Waals surface area contributed by atoms with Gasteiger partial charge in [0.05, 0.1) is 5.56 Å². The van der Waals surface area contributed by atoms with Crippen molar-refractivity contribution in [2.24, 2.45) is 0 Å². The maximum atomic E-state index is 12.2. The van der Waals surface area contributed by atoms with Gasteiger partial charge in [0.25, 0.3) is 0 Å². The highest BCUT2D eigenvalue weighted by atomic mass is 32.1. The summed E-state index contributed by atoms with van der Waals surface area (Å²) in [6.07, 6.45) is 0. The quantitative estimate of drug-likeness (QED) is 0.501. The Morgan fingerprint density at radius 3 is 2.45 bits per heavy atom. The number of benzene rings is 2. The molecule has 0 atom stereocenters. The molecule has 20 heavy (non-hydrogen) atoms. The lowest BCUT2D eigenvalue weighted by Gasteiger charge is -2.05. The van der Waals surface area contributed by atoms with Gasteiger partial charge in [-0.1, -0.05) is 30.3 Å². The minimum absolute atomic E-state index is 0.290. The third kappa shape index (κ3) is 2.45. The van der Waals surface area contributed by atoms with Crippen molar-refractivity contribution >= 4 is 28.1 Å². The van der Waals surface area contributed by atoms with Gasteiger partial charge in [0.2, 0.25) is 0 Å². The van der Waals surface area contributed by atoms with Crippen molar-refractivity contribution in [3.05, 3.63) is 63.8 Å². The van der Waals surface area contributed by atoms with Crippen LogP contribution < -0.4 is 4.74 Å². The number of rotatable bonds is 2. The fourth-order valence-corrected chi connectivity index (χ4v) is 3.14. The Bertz CT molecular complexity index is 787. The second-order valence-corrected chi connectivity index (χ2v) is 6.19. The standard InChI is InChI=1S/C17H14O2S/c1-11-9-16(12(2)20-11)17(18)19-15-8-7-13-5-3-4-6-14(13)10-15/h3-10H,1-2H3. The third-order valence-electron chi connectivity index (χ3n) is 3.19. The van der Waals surface area contributed by atoms with Crippen molar-refractivity contribution in [2.45, 2.75) is 13.8 Å². The van der Waals surface area contributed by atoms with Crippen LogP contribution in [0.4, 0.5) is 0 Å². The van der Waals surface area contributed by atoms with Crippen LogP contribution in [0.3, 0.4) is 0 Å². The molecule has 0 saturated carbocycles. The van der Waals surface area contributed by atoms with Crippen LogP contribution in [0.1, 0.15) is 20.1 Å². The van der Waals surface area contributed by atoms with Gasteiger partial charge in [0, 0.05) is 9.75 Å². The maximum Gasteiger partial charge on any atom is 0.344 e. The van der Waals surface area contributed by atoms with Crippen LogP contribution in [0, 0.1) is 13.8 Å². The monoisotopic (exact) mass is 282 g/mol. The highest BCUT2D eigenvalue weighted by Gasteiger charge is 2.14. The summed E-state index contributed by atoms with van der Waals surface area (Å²) in [5.41, 5.74) is 0.653. The molecule has 2 nitrogen and oxygen atoms in total. The summed E-state index contributed by atoms with van der Waals surface area (Å²) in [6, 6.07) is 15.6. The predicted octanol–water partition coefficient (Wildman–Crippen LogP) is 4.74. The van der Waals surface area contributed by atoms with E-state index in [1.165, 1.54) is 0 Å². The molecule has 0 bridgehead atoms. The average Bonchev–Trinajstić information content (AvgIpc) is 2.78. The van der Waals surface area contributed by atoms with Crippen molar-refractivity contribution in [1.29, 1.82) is 0 Å². The first-order valence-electron chi connectivity index (χ1n) is 6.41. The summed E-state index contributed by atoms with van der Waals surface area (Å²) >= 11 is 1.61. The van der Waals surface area contributed by atoms with E-state index >= 15 is 0 Å². The van der Waals surface area contributed by atoms with Gasteiger partial charge < -0.3 is 4.74 Å². The fraction of sp³-hybridized carbons (Fsp3) is 0.118. The molecule has 0 spiro atoms. The van der Waals surface area contributed by atoms with Crippen LogP contribution >= 0.6 is 11.3 Å². The summed E-state index contributed by atoms with van der Waals surface area (Å²) in [7, 11) is 0. The van der Waals surface area contributed by atoms with Gasteiger partial charge in [-0.25, -0.2) is 4.79 Å². The summed E-state index contributed by atoms with van der Waals surface area (Å²) in [5, 5.41) is 2.20. The number of carbonyl (C=O) groups is 1. The van der Waals surface area contributed by atoms with E-state index in [9.17, 15) is 4.79 Å². The SMILES string of the molecule is Cc1cc(C(=O)Oc2ccc3ccccc3c2)c(C)s1. The molecule has 3 aromatic rings. The van der Waals surface area contributed by atoms with Crippen molar-refractivity contribution in [3.63, 3.8) is 0 Å². The Labute approximate surface area is 121 Å². The highest BCUT2D eigenvalue weighted by molar-refractivity contribution is 7.12. The Hall–Kier alpha value is -2.13. The van der Waals surface area contributed by atoms with Gasteiger partial charge in [-0.3, -0.25) is 0 Å². The Morgan fingerprint density at radius 2 is 1.75 bits per heavy atom. The van der Waals surface area contributed by atoms with Crippen LogP contribution in [-0.4, -0.2) is 5.97 Å². The molecule has 0 aliphatic heterocycles. The normalized spacial score (nSPS) is 10.7. The van der Waals surface area contributed by atoms with E-state index in [2.05, 4.69) is 0 Å². The van der Waals surface area contributed by atoms with E-state index in [0.29, 0.717) is 11.3 Å². The lowest BCUT2D eigenvalue weighted by Crippen LogP contribution is -2.08. The molecule has 0 aliphatic rings. The van der Waals surface area contributed by atoms with Crippen LogP contribution in [0.15, 0.2) is 48.5 Å². The van der Waals surface area contributed by atoms with Gasteiger partial charge in [-0.2, -0.15) is 0 Å². The van der Waals surface area contributed by atoms with Gasteiger partial charge >= 0.3 is 5.97 Å². The number of thiophene rings is 1. The maximum absolute atomic E-state index is 12.2. The lowest BCUT2D eigenvalue weighted by molar-refractivity contribution is 0.0735. The minimum atomic E-state index is -0.290. The molecule has 3 rings (SSSR count). The minimum Gasteiger partial charge on any atom is -0.423 e. The molecule has 0 aliphatic carbocycles. The van der Waals surface area contributed by atoms with Crippen LogP contribution in [0.5, 0.6) is 5.75 Å². The largest absolute Gasteiger partial charge is 0.423 e. The fourth-order valence-electron chi connectivity index (χ4n) is 2.23. The van der Waals surface area contributed by atoms with Crippen LogP contribution in [-0.2, 0) is 0 Å². The molecular weight excluding hydrogens is 268 g/mol. The first-order chi connectivity index (χ1) is 9.63. The summed E-state index contributed by atoms with van der Waals surface area (Å²) in [6.45, 7) is 3.93. The summed E-state index contributed by atoms with van der Waals surface area (Å²) in [5.74, 6) is 0.291. The van der Waals surface area contributed by atoms with Crippen molar-refractivity contribution in [2.75, 3.05) is 0 Å². The Kier molecular flexibility index (Phi) is 3.28. The first kappa shape index (κ1) is 12.9. The van der Waals surface area contributed by atoms with Crippen LogP contribution in [0.2, 0.25) is 0 Å². The first-order valence-corrected chi connectivity index (χ1v) is 7.23. The molecule has 0 radical (unpaired) electrons. The third-order valence-corrected chi connectivity index (χ3v) is 4.16. The van der Waals surface area contributed by atoms with E-state index in [1.54, 1.807) is 11.3 Å².